The molecule has 3 rings (SSSR count). The van der Waals surface area contributed by atoms with Crippen molar-refractivity contribution >= 4 is 23.2 Å². The van der Waals surface area contributed by atoms with Crippen LogP contribution in [0.5, 0.6) is 0 Å². The molecule has 2 aromatic rings. The zero-order valence-corrected chi connectivity index (χ0v) is 12.8. The summed E-state index contributed by atoms with van der Waals surface area (Å²) in [6.07, 6.45) is 3.92. The number of carboxylic acid groups (broad SMARTS) is 1. The molecule has 1 aliphatic carbocycles. The number of carbonyl (C=O) groups is 2. The SMILES string of the molecule is Cc1cnc(C(NC(=O)c2cccc(C(=O)O)n2)C2CC2)s1. The second kappa shape index (κ2) is 5.84. The van der Waals surface area contributed by atoms with Crippen LogP contribution in [0.2, 0.25) is 0 Å². The Hall–Kier alpha value is -2.28. The number of pyridine rings is 1. The van der Waals surface area contributed by atoms with Crippen LogP contribution < -0.4 is 5.32 Å². The fourth-order valence-corrected chi connectivity index (χ4v) is 3.14. The van der Waals surface area contributed by atoms with E-state index < -0.39 is 5.97 Å². The zero-order valence-electron chi connectivity index (χ0n) is 11.9. The molecule has 114 valence electrons. The largest absolute Gasteiger partial charge is 0.477 e. The molecule has 0 bridgehead atoms. The van der Waals surface area contributed by atoms with Crippen LogP contribution in [0.1, 0.15) is 49.7 Å². The molecule has 1 unspecified atom stereocenters. The predicted molar refractivity (Wildman–Crippen MR) is 81.0 cm³/mol. The van der Waals surface area contributed by atoms with Gasteiger partial charge in [0.1, 0.15) is 16.4 Å². The van der Waals surface area contributed by atoms with E-state index >= 15 is 0 Å². The lowest BCUT2D eigenvalue weighted by atomic mass is 10.2. The third kappa shape index (κ3) is 3.14. The molecule has 1 saturated carbocycles. The average molecular weight is 317 g/mol. The van der Waals surface area contributed by atoms with Crippen molar-refractivity contribution in [3.63, 3.8) is 0 Å². The van der Waals surface area contributed by atoms with Gasteiger partial charge in [0.25, 0.3) is 5.91 Å². The van der Waals surface area contributed by atoms with Crippen molar-refractivity contribution in [1.29, 1.82) is 0 Å². The van der Waals surface area contributed by atoms with Crippen molar-refractivity contribution in [2.75, 3.05) is 0 Å². The quantitative estimate of drug-likeness (QED) is 0.883. The molecule has 0 saturated heterocycles. The lowest BCUT2D eigenvalue weighted by Gasteiger charge is -2.15. The number of hydrogen-bond donors (Lipinski definition) is 2. The highest BCUT2D eigenvalue weighted by Crippen LogP contribution is 2.42. The number of carboxylic acids is 1. The average Bonchev–Trinajstić information content (AvgIpc) is 3.26. The van der Waals surface area contributed by atoms with E-state index in [0.29, 0.717) is 5.92 Å². The summed E-state index contributed by atoms with van der Waals surface area (Å²) in [7, 11) is 0. The van der Waals surface area contributed by atoms with E-state index in [2.05, 4.69) is 15.3 Å². The lowest BCUT2D eigenvalue weighted by Crippen LogP contribution is -2.30. The molecule has 22 heavy (non-hydrogen) atoms. The van der Waals surface area contributed by atoms with E-state index in [0.717, 1.165) is 22.7 Å². The summed E-state index contributed by atoms with van der Waals surface area (Å²) in [5.74, 6) is -1.12. The smallest absolute Gasteiger partial charge is 0.354 e. The maximum atomic E-state index is 12.4. The van der Waals surface area contributed by atoms with Crippen molar-refractivity contribution in [2.45, 2.75) is 25.8 Å². The molecule has 6 nitrogen and oxygen atoms in total. The van der Waals surface area contributed by atoms with E-state index in [1.54, 1.807) is 17.5 Å². The molecule has 2 aromatic heterocycles. The van der Waals surface area contributed by atoms with Gasteiger partial charge in [-0.2, -0.15) is 0 Å². The lowest BCUT2D eigenvalue weighted by molar-refractivity contribution is 0.0690. The Balaban J connectivity index is 1.79. The number of thiazole rings is 1. The van der Waals surface area contributed by atoms with E-state index in [1.165, 1.54) is 18.2 Å². The van der Waals surface area contributed by atoms with Crippen LogP contribution in [0.3, 0.4) is 0 Å². The standard InChI is InChI=1S/C15H15N3O3S/c1-8-7-16-14(22-8)12(9-5-6-9)18-13(19)10-3-2-4-11(17-10)15(20)21/h2-4,7,9,12H,5-6H2,1H3,(H,18,19)(H,20,21). The van der Waals surface area contributed by atoms with Crippen LogP contribution in [0, 0.1) is 12.8 Å². The van der Waals surface area contributed by atoms with E-state index in [1.807, 2.05) is 6.92 Å². The molecule has 2 N–H and O–H groups in total. The second-order valence-corrected chi connectivity index (χ2v) is 6.58. The summed E-state index contributed by atoms with van der Waals surface area (Å²) in [6, 6.07) is 4.27. The molecular formula is C15H15N3O3S. The van der Waals surface area contributed by atoms with Gasteiger partial charge in [0.2, 0.25) is 0 Å². The summed E-state index contributed by atoms with van der Waals surface area (Å²) >= 11 is 1.57. The number of aryl methyl sites for hydroxylation is 1. The molecule has 1 amide bonds. The Bertz CT molecular complexity index is 724. The van der Waals surface area contributed by atoms with E-state index in [9.17, 15) is 9.59 Å². The fraction of sp³-hybridized carbons (Fsp3) is 0.333. The van der Waals surface area contributed by atoms with Crippen molar-refractivity contribution < 1.29 is 14.7 Å². The summed E-state index contributed by atoms with van der Waals surface area (Å²) in [6.45, 7) is 1.98. The summed E-state index contributed by atoms with van der Waals surface area (Å²) in [5.41, 5.74) is -0.0282. The highest BCUT2D eigenvalue weighted by atomic mass is 32.1. The maximum Gasteiger partial charge on any atom is 0.354 e. The van der Waals surface area contributed by atoms with E-state index in [-0.39, 0.29) is 23.3 Å². The van der Waals surface area contributed by atoms with Gasteiger partial charge >= 0.3 is 5.97 Å². The fourth-order valence-electron chi connectivity index (χ4n) is 2.22. The third-order valence-corrected chi connectivity index (χ3v) is 4.48. The van der Waals surface area contributed by atoms with Gasteiger partial charge in [-0.05, 0) is 37.8 Å². The van der Waals surface area contributed by atoms with Gasteiger partial charge in [-0.3, -0.25) is 4.79 Å². The van der Waals surface area contributed by atoms with Crippen LogP contribution in [-0.4, -0.2) is 27.0 Å². The minimum atomic E-state index is -1.15. The normalized spacial score (nSPS) is 15.3. The third-order valence-electron chi connectivity index (χ3n) is 3.49. The molecule has 1 atom stereocenters. The predicted octanol–water partition coefficient (Wildman–Crippen LogP) is 2.43. The van der Waals surface area contributed by atoms with Crippen molar-refractivity contribution in [1.82, 2.24) is 15.3 Å². The number of hydrogen-bond acceptors (Lipinski definition) is 5. The molecule has 0 aromatic carbocycles. The first-order chi connectivity index (χ1) is 10.5. The van der Waals surface area contributed by atoms with Crippen LogP contribution in [0.15, 0.2) is 24.4 Å². The van der Waals surface area contributed by atoms with Crippen LogP contribution in [-0.2, 0) is 0 Å². The maximum absolute atomic E-state index is 12.4. The Morgan fingerprint density at radius 1 is 1.36 bits per heavy atom. The Morgan fingerprint density at radius 3 is 2.68 bits per heavy atom. The number of aromatic carboxylic acids is 1. The highest BCUT2D eigenvalue weighted by molar-refractivity contribution is 7.11. The monoisotopic (exact) mass is 317 g/mol. The summed E-state index contributed by atoms with van der Waals surface area (Å²) < 4.78 is 0. The first kappa shape index (κ1) is 14.6. The second-order valence-electron chi connectivity index (χ2n) is 5.31. The minimum Gasteiger partial charge on any atom is -0.477 e. The first-order valence-corrected chi connectivity index (χ1v) is 7.80. The number of aromatic nitrogens is 2. The summed E-state index contributed by atoms with van der Waals surface area (Å²) in [5, 5.41) is 12.8. The number of carbonyl (C=O) groups excluding carboxylic acids is 1. The number of nitrogens with one attached hydrogen (secondary N) is 1. The van der Waals surface area contributed by atoms with Gasteiger partial charge in [-0.15, -0.1) is 11.3 Å². The molecular weight excluding hydrogens is 302 g/mol. The first-order valence-electron chi connectivity index (χ1n) is 6.98. The summed E-state index contributed by atoms with van der Waals surface area (Å²) in [4.78, 5) is 32.6. The van der Waals surface area contributed by atoms with Crippen molar-refractivity contribution in [2.24, 2.45) is 5.92 Å². The zero-order chi connectivity index (χ0) is 15.7. The van der Waals surface area contributed by atoms with Crippen molar-refractivity contribution in [3.05, 3.63) is 45.7 Å². The number of rotatable bonds is 5. The number of amides is 1. The topological polar surface area (TPSA) is 92.2 Å². The van der Waals surface area contributed by atoms with Gasteiger partial charge < -0.3 is 10.4 Å². The van der Waals surface area contributed by atoms with Crippen LogP contribution >= 0.6 is 11.3 Å². The molecule has 0 spiro atoms. The minimum absolute atomic E-state index is 0.110. The number of nitrogens with zero attached hydrogens (tertiary/aromatic N) is 2. The molecule has 1 fully saturated rings. The van der Waals surface area contributed by atoms with Gasteiger partial charge in [0.15, 0.2) is 0 Å². The van der Waals surface area contributed by atoms with Crippen molar-refractivity contribution in [3.8, 4) is 0 Å². The molecule has 2 heterocycles. The highest BCUT2D eigenvalue weighted by Gasteiger charge is 2.35. The van der Waals surface area contributed by atoms with Gasteiger partial charge in [0.05, 0.1) is 6.04 Å². The molecule has 0 radical (unpaired) electrons. The Kier molecular flexibility index (Phi) is 3.89. The Morgan fingerprint density at radius 2 is 2.09 bits per heavy atom. The Labute approximate surface area is 131 Å². The van der Waals surface area contributed by atoms with Crippen LogP contribution in [0.4, 0.5) is 0 Å². The molecule has 0 aliphatic heterocycles. The van der Waals surface area contributed by atoms with Gasteiger partial charge in [0, 0.05) is 11.1 Å². The van der Waals surface area contributed by atoms with Gasteiger partial charge in [-0.25, -0.2) is 14.8 Å². The molecule has 7 heteroatoms. The van der Waals surface area contributed by atoms with Gasteiger partial charge in [-0.1, -0.05) is 6.07 Å². The van der Waals surface area contributed by atoms with Crippen LogP contribution in [0.25, 0.3) is 0 Å². The van der Waals surface area contributed by atoms with E-state index in [4.69, 9.17) is 5.11 Å². The molecule has 1 aliphatic rings.